The van der Waals surface area contributed by atoms with E-state index in [-0.39, 0.29) is 11.9 Å². The molecule has 5 nitrogen and oxygen atoms in total. The van der Waals surface area contributed by atoms with Crippen LogP contribution >= 0.6 is 23.1 Å². The number of nitrogens with zero attached hydrogens (tertiary/aromatic N) is 1. The molecule has 0 bridgehead atoms. The standard InChI is InChI=1S/C17H20N2O3S2/c1-12-19-13(10-23-12)11-24-15-7-4-3-6-14(15)17(21)18-9-5-8-16(20)22-2/h3-4,6-7,10H,5,8-9,11H2,1-2H3,(H,18,21). The van der Waals surface area contributed by atoms with E-state index in [2.05, 4.69) is 15.0 Å². The molecule has 0 fully saturated rings. The second-order valence-corrected chi connectivity index (χ2v) is 7.16. The Morgan fingerprint density at radius 2 is 2.12 bits per heavy atom. The number of amides is 1. The molecule has 0 spiro atoms. The molecular formula is C17H20N2O3S2. The summed E-state index contributed by atoms with van der Waals surface area (Å²) in [5.41, 5.74) is 1.67. The average Bonchev–Trinajstić information content (AvgIpc) is 3.02. The zero-order valence-electron chi connectivity index (χ0n) is 13.7. The summed E-state index contributed by atoms with van der Waals surface area (Å²) in [6.07, 6.45) is 0.863. The van der Waals surface area contributed by atoms with E-state index in [4.69, 9.17) is 0 Å². The predicted molar refractivity (Wildman–Crippen MR) is 96.4 cm³/mol. The molecule has 0 saturated heterocycles. The fourth-order valence-electron chi connectivity index (χ4n) is 2.04. The number of aromatic nitrogens is 1. The molecule has 0 unspecified atom stereocenters. The van der Waals surface area contributed by atoms with Crippen LogP contribution in [0.2, 0.25) is 0 Å². The van der Waals surface area contributed by atoms with Gasteiger partial charge < -0.3 is 10.1 Å². The van der Waals surface area contributed by atoms with Gasteiger partial charge in [0, 0.05) is 29.0 Å². The maximum atomic E-state index is 12.3. The van der Waals surface area contributed by atoms with E-state index in [1.54, 1.807) is 23.1 Å². The molecule has 128 valence electrons. The molecule has 0 aliphatic heterocycles. The number of rotatable bonds is 8. The smallest absolute Gasteiger partial charge is 0.305 e. The van der Waals surface area contributed by atoms with Crippen molar-refractivity contribution in [3.05, 3.63) is 45.9 Å². The topological polar surface area (TPSA) is 68.3 Å². The van der Waals surface area contributed by atoms with Crippen molar-refractivity contribution in [3.63, 3.8) is 0 Å². The molecule has 0 radical (unpaired) electrons. The van der Waals surface area contributed by atoms with Gasteiger partial charge in [-0.15, -0.1) is 23.1 Å². The quantitative estimate of drug-likeness (QED) is 0.441. The predicted octanol–water partition coefficient (Wildman–Crippen LogP) is 3.43. The molecule has 2 rings (SSSR count). The molecule has 0 atom stereocenters. The van der Waals surface area contributed by atoms with Gasteiger partial charge in [-0.05, 0) is 25.5 Å². The van der Waals surface area contributed by atoms with E-state index in [1.807, 2.05) is 36.6 Å². The van der Waals surface area contributed by atoms with Crippen molar-refractivity contribution in [1.82, 2.24) is 10.3 Å². The molecule has 0 aliphatic rings. The first-order chi connectivity index (χ1) is 11.6. The molecule has 1 heterocycles. The monoisotopic (exact) mass is 364 g/mol. The maximum absolute atomic E-state index is 12.3. The van der Waals surface area contributed by atoms with E-state index in [1.165, 1.54) is 7.11 Å². The molecule has 1 aromatic heterocycles. The van der Waals surface area contributed by atoms with Crippen LogP contribution in [0.1, 0.15) is 33.9 Å². The molecule has 0 aliphatic carbocycles. The lowest BCUT2D eigenvalue weighted by molar-refractivity contribution is -0.140. The van der Waals surface area contributed by atoms with Crippen LogP contribution in [0, 0.1) is 6.92 Å². The van der Waals surface area contributed by atoms with Crippen LogP contribution in [-0.4, -0.2) is 30.5 Å². The largest absolute Gasteiger partial charge is 0.469 e. The summed E-state index contributed by atoms with van der Waals surface area (Å²) < 4.78 is 4.58. The number of esters is 1. The lowest BCUT2D eigenvalue weighted by atomic mass is 10.2. The highest BCUT2D eigenvalue weighted by Crippen LogP contribution is 2.26. The van der Waals surface area contributed by atoms with E-state index in [9.17, 15) is 9.59 Å². The van der Waals surface area contributed by atoms with Gasteiger partial charge in [0.15, 0.2) is 0 Å². The first kappa shape index (κ1) is 18.5. The highest BCUT2D eigenvalue weighted by atomic mass is 32.2. The second kappa shape index (κ2) is 9.44. The Balaban J connectivity index is 1.89. The number of carbonyl (C=O) groups excluding carboxylic acids is 2. The molecular weight excluding hydrogens is 344 g/mol. The Kier molecular flexibility index (Phi) is 7.27. The van der Waals surface area contributed by atoms with Crippen molar-refractivity contribution in [3.8, 4) is 0 Å². The SMILES string of the molecule is COC(=O)CCCNC(=O)c1ccccc1SCc1csc(C)n1. The highest BCUT2D eigenvalue weighted by molar-refractivity contribution is 7.98. The molecule has 1 aromatic carbocycles. The Bertz CT molecular complexity index is 701. The Labute approximate surface area is 149 Å². The number of thiazole rings is 1. The van der Waals surface area contributed by atoms with Gasteiger partial charge in [0.25, 0.3) is 5.91 Å². The fourth-order valence-corrected chi connectivity index (χ4v) is 3.70. The normalized spacial score (nSPS) is 10.4. The molecule has 1 N–H and O–H groups in total. The van der Waals surface area contributed by atoms with Crippen molar-refractivity contribution in [1.29, 1.82) is 0 Å². The first-order valence-corrected chi connectivity index (χ1v) is 9.44. The number of hydrogen-bond acceptors (Lipinski definition) is 6. The van der Waals surface area contributed by atoms with E-state index in [0.29, 0.717) is 24.9 Å². The van der Waals surface area contributed by atoms with Crippen LogP contribution in [0.3, 0.4) is 0 Å². The van der Waals surface area contributed by atoms with Crippen LogP contribution in [0.15, 0.2) is 34.5 Å². The summed E-state index contributed by atoms with van der Waals surface area (Å²) >= 11 is 3.23. The van der Waals surface area contributed by atoms with Crippen molar-refractivity contribution in [2.24, 2.45) is 0 Å². The van der Waals surface area contributed by atoms with Crippen LogP contribution in [0.5, 0.6) is 0 Å². The Morgan fingerprint density at radius 1 is 1.33 bits per heavy atom. The van der Waals surface area contributed by atoms with Crippen molar-refractivity contribution in [2.45, 2.75) is 30.4 Å². The summed E-state index contributed by atoms with van der Waals surface area (Å²) in [7, 11) is 1.36. The fraction of sp³-hybridized carbons (Fsp3) is 0.353. The number of hydrogen-bond donors (Lipinski definition) is 1. The van der Waals surface area contributed by atoms with Crippen LogP contribution in [0.25, 0.3) is 0 Å². The minimum absolute atomic E-state index is 0.127. The van der Waals surface area contributed by atoms with E-state index in [0.717, 1.165) is 21.3 Å². The second-order valence-electron chi connectivity index (χ2n) is 5.08. The van der Waals surface area contributed by atoms with Gasteiger partial charge in [-0.2, -0.15) is 0 Å². The van der Waals surface area contributed by atoms with Gasteiger partial charge in [0.2, 0.25) is 0 Å². The van der Waals surface area contributed by atoms with Gasteiger partial charge >= 0.3 is 5.97 Å². The van der Waals surface area contributed by atoms with Crippen molar-refractivity contribution in [2.75, 3.05) is 13.7 Å². The number of aryl methyl sites for hydroxylation is 1. The maximum Gasteiger partial charge on any atom is 0.305 e. The molecule has 7 heteroatoms. The zero-order valence-corrected chi connectivity index (χ0v) is 15.3. The van der Waals surface area contributed by atoms with Gasteiger partial charge in [0.05, 0.1) is 23.4 Å². The van der Waals surface area contributed by atoms with E-state index >= 15 is 0 Å². The van der Waals surface area contributed by atoms with Crippen LogP contribution in [0.4, 0.5) is 0 Å². The number of benzene rings is 1. The summed E-state index contributed by atoms with van der Waals surface area (Å²) in [5, 5.41) is 5.93. The van der Waals surface area contributed by atoms with Gasteiger partial charge in [-0.25, -0.2) is 4.98 Å². The minimum atomic E-state index is -0.265. The summed E-state index contributed by atoms with van der Waals surface area (Å²) in [6, 6.07) is 7.51. The summed E-state index contributed by atoms with van der Waals surface area (Å²) in [4.78, 5) is 28.8. The number of carbonyl (C=O) groups is 2. The van der Waals surface area contributed by atoms with Gasteiger partial charge in [-0.1, -0.05) is 12.1 Å². The molecule has 0 saturated carbocycles. The van der Waals surface area contributed by atoms with Gasteiger partial charge in [-0.3, -0.25) is 9.59 Å². The first-order valence-electron chi connectivity index (χ1n) is 7.58. The van der Waals surface area contributed by atoms with Gasteiger partial charge in [0.1, 0.15) is 0 Å². The Hall–Kier alpha value is -1.86. The number of thioether (sulfide) groups is 1. The zero-order chi connectivity index (χ0) is 17.4. The summed E-state index contributed by atoms with van der Waals surface area (Å²) in [6.45, 7) is 2.42. The minimum Gasteiger partial charge on any atom is -0.469 e. The number of ether oxygens (including phenoxy) is 1. The molecule has 2 aromatic rings. The number of nitrogens with one attached hydrogen (secondary N) is 1. The Morgan fingerprint density at radius 3 is 2.83 bits per heavy atom. The lowest BCUT2D eigenvalue weighted by Crippen LogP contribution is -2.25. The highest BCUT2D eigenvalue weighted by Gasteiger charge is 2.12. The number of methoxy groups -OCH3 is 1. The third-order valence-corrected chi connectivity index (χ3v) is 5.17. The molecule has 1 amide bonds. The van der Waals surface area contributed by atoms with Crippen LogP contribution < -0.4 is 5.32 Å². The third-order valence-electron chi connectivity index (χ3n) is 3.24. The van der Waals surface area contributed by atoms with E-state index < -0.39 is 0 Å². The molecule has 24 heavy (non-hydrogen) atoms. The van der Waals surface area contributed by atoms with Crippen molar-refractivity contribution < 1.29 is 14.3 Å². The van der Waals surface area contributed by atoms with Crippen molar-refractivity contribution >= 4 is 35.0 Å². The third kappa shape index (κ3) is 5.65. The summed E-state index contributed by atoms with van der Waals surface area (Å²) in [5.74, 6) is 0.341. The average molecular weight is 364 g/mol. The van der Waals surface area contributed by atoms with Crippen LogP contribution in [-0.2, 0) is 15.3 Å². The lowest BCUT2D eigenvalue weighted by Gasteiger charge is -2.09.